The van der Waals surface area contributed by atoms with Crippen molar-refractivity contribution in [3.8, 4) is 0 Å². The SMILES string of the molecule is NCCn1cnc(C2CC2)cc1=O. The van der Waals surface area contributed by atoms with E-state index in [0.29, 0.717) is 19.0 Å². The molecular formula is C9H13N3O. The molecule has 1 aliphatic carbocycles. The fourth-order valence-corrected chi connectivity index (χ4v) is 1.35. The summed E-state index contributed by atoms with van der Waals surface area (Å²) in [5.74, 6) is 0.542. The molecular weight excluding hydrogens is 166 g/mol. The maximum atomic E-state index is 11.4. The molecule has 1 aromatic rings. The van der Waals surface area contributed by atoms with Gasteiger partial charge in [0.1, 0.15) is 0 Å². The van der Waals surface area contributed by atoms with E-state index in [1.54, 1.807) is 17.0 Å². The van der Waals surface area contributed by atoms with Crippen molar-refractivity contribution in [2.45, 2.75) is 25.3 Å². The monoisotopic (exact) mass is 179 g/mol. The molecule has 2 rings (SSSR count). The highest BCUT2D eigenvalue weighted by Gasteiger charge is 2.25. The maximum absolute atomic E-state index is 11.4. The van der Waals surface area contributed by atoms with Crippen LogP contribution in [0.25, 0.3) is 0 Å². The van der Waals surface area contributed by atoms with Gasteiger partial charge in [-0.2, -0.15) is 0 Å². The van der Waals surface area contributed by atoms with Crippen molar-refractivity contribution in [3.05, 3.63) is 28.4 Å². The zero-order chi connectivity index (χ0) is 9.26. The van der Waals surface area contributed by atoms with Gasteiger partial charge in [-0.15, -0.1) is 0 Å². The van der Waals surface area contributed by atoms with Gasteiger partial charge in [-0.1, -0.05) is 0 Å². The predicted molar refractivity (Wildman–Crippen MR) is 49.5 cm³/mol. The number of nitrogens with two attached hydrogens (primary N) is 1. The third-order valence-corrected chi connectivity index (χ3v) is 2.27. The molecule has 2 N–H and O–H groups in total. The molecule has 70 valence electrons. The Morgan fingerprint density at radius 1 is 1.62 bits per heavy atom. The van der Waals surface area contributed by atoms with Gasteiger partial charge in [0.25, 0.3) is 5.56 Å². The van der Waals surface area contributed by atoms with Crippen molar-refractivity contribution in [1.29, 1.82) is 0 Å². The zero-order valence-corrected chi connectivity index (χ0v) is 7.44. The summed E-state index contributed by atoms with van der Waals surface area (Å²) in [6.07, 6.45) is 3.95. The first kappa shape index (κ1) is 8.44. The average molecular weight is 179 g/mol. The Kier molecular flexibility index (Phi) is 2.14. The molecule has 1 aromatic heterocycles. The minimum Gasteiger partial charge on any atom is -0.329 e. The second-order valence-corrected chi connectivity index (χ2v) is 3.41. The molecule has 0 aromatic carbocycles. The van der Waals surface area contributed by atoms with Crippen molar-refractivity contribution in [3.63, 3.8) is 0 Å². The highest BCUT2D eigenvalue weighted by molar-refractivity contribution is 5.12. The molecule has 0 radical (unpaired) electrons. The minimum absolute atomic E-state index is 0.0161. The van der Waals surface area contributed by atoms with E-state index in [1.165, 1.54) is 12.8 Å². The Bertz CT molecular complexity index is 354. The molecule has 1 fully saturated rings. The van der Waals surface area contributed by atoms with Gasteiger partial charge >= 0.3 is 0 Å². The van der Waals surface area contributed by atoms with Gasteiger partial charge < -0.3 is 5.73 Å². The fourth-order valence-electron chi connectivity index (χ4n) is 1.35. The molecule has 4 nitrogen and oxygen atoms in total. The Morgan fingerprint density at radius 3 is 2.92 bits per heavy atom. The van der Waals surface area contributed by atoms with E-state index >= 15 is 0 Å². The third kappa shape index (κ3) is 1.78. The van der Waals surface area contributed by atoms with Gasteiger partial charge in [0, 0.05) is 25.1 Å². The Balaban J connectivity index is 2.26. The molecule has 1 heterocycles. The average Bonchev–Trinajstić information content (AvgIpc) is 2.91. The van der Waals surface area contributed by atoms with E-state index in [2.05, 4.69) is 4.98 Å². The standard InChI is InChI=1S/C9H13N3O/c10-3-4-12-6-11-8(5-9(12)13)7-1-2-7/h5-7H,1-4,10H2. The van der Waals surface area contributed by atoms with Crippen LogP contribution in [0.15, 0.2) is 17.2 Å². The normalized spacial score (nSPS) is 16.1. The molecule has 0 saturated heterocycles. The summed E-state index contributed by atoms with van der Waals surface area (Å²) in [7, 11) is 0. The van der Waals surface area contributed by atoms with Crippen molar-refractivity contribution in [1.82, 2.24) is 9.55 Å². The van der Waals surface area contributed by atoms with Crippen molar-refractivity contribution in [2.75, 3.05) is 6.54 Å². The molecule has 0 bridgehead atoms. The van der Waals surface area contributed by atoms with Gasteiger partial charge in [0.2, 0.25) is 0 Å². The fraction of sp³-hybridized carbons (Fsp3) is 0.556. The van der Waals surface area contributed by atoms with Gasteiger partial charge in [-0.25, -0.2) is 4.98 Å². The van der Waals surface area contributed by atoms with Crippen LogP contribution in [0.4, 0.5) is 0 Å². The highest BCUT2D eigenvalue weighted by Crippen LogP contribution is 2.38. The number of rotatable bonds is 3. The highest BCUT2D eigenvalue weighted by atomic mass is 16.1. The molecule has 4 heteroatoms. The van der Waals surface area contributed by atoms with Gasteiger partial charge in [0.05, 0.1) is 12.0 Å². The first-order chi connectivity index (χ1) is 6.31. The van der Waals surface area contributed by atoms with Gasteiger partial charge in [-0.05, 0) is 12.8 Å². The van der Waals surface area contributed by atoms with Crippen LogP contribution in [0.3, 0.4) is 0 Å². The molecule has 1 saturated carbocycles. The maximum Gasteiger partial charge on any atom is 0.253 e. The molecule has 0 spiro atoms. The first-order valence-corrected chi connectivity index (χ1v) is 4.57. The van der Waals surface area contributed by atoms with E-state index in [-0.39, 0.29) is 5.56 Å². The summed E-state index contributed by atoms with van der Waals surface area (Å²) >= 11 is 0. The summed E-state index contributed by atoms with van der Waals surface area (Å²) in [6.45, 7) is 1.03. The van der Waals surface area contributed by atoms with Crippen LogP contribution in [0.2, 0.25) is 0 Å². The third-order valence-electron chi connectivity index (χ3n) is 2.27. The van der Waals surface area contributed by atoms with Crippen LogP contribution >= 0.6 is 0 Å². The van der Waals surface area contributed by atoms with E-state index < -0.39 is 0 Å². The lowest BCUT2D eigenvalue weighted by molar-refractivity contribution is 0.658. The number of hydrogen-bond donors (Lipinski definition) is 1. The number of hydrogen-bond acceptors (Lipinski definition) is 3. The van der Waals surface area contributed by atoms with Crippen LogP contribution in [-0.2, 0) is 6.54 Å². The lowest BCUT2D eigenvalue weighted by Crippen LogP contribution is -2.24. The molecule has 0 aliphatic heterocycles. The van der Waals surface area contributed by atoms with Crippen LogP contribution in [-0.4, -0.2) is 16.1 Å². The quantitative estimate of drug-likeness (QED) is 0.714. The van der Waals surface area contributed by atoms with Gasteiger partial charge in [0.15, 0.2) is 0 Å². The van der Waals surface area contributed by atoms with Crippen molar-refractivity contribution < 1.29 is 0 Å². The number of nitrogens with zero attached hydrogens (tertiary/aromatic N) is 2. The summed E-state index contributed by atoms with van der Waals surface area (Å²) in [6, 6.07) is 1.63. The van der Waals surface area contributed by atoms with Crippen molar-refractivity contribution >= 4 is 0 Å². The van der Waals surface area contributed by atoms with Gasteiger partial charge in [-0.3, -0.25) is 9.36 Å². The van der Waals surface area contributed by atoms with Crippen LogP contribution in [0, 0.1) is 0 Å². The number of aromatic nitrogens is 2. The second kappa shape index (κ2) is 3.30. The molecule has 0 unspecified atom stereocenters. The van der Waals surface area contributed by atoms with E-state index in [9.17, 15) is 4.79 Å². The molecule has 1 aliphatic rings. The Hall–Kier alpha value is -1.16. The summed E-state index contributed by atoms with van der Waals surface area (Å²) in [4.78, 5) is 15.7. The summed E-state index contributed by atoms with van der Waals surface area (Å²) in [5.41, 5.74) is 6.31. The second-order valence-electron chi connectivity index (χ2n) is 3.41. The lowest BCUT2D eigenvalue weighted by Gasteiger charge is -2.03. The first-order valence-electron chi connectivity index (χ1n) is 4.57. The van der Waals surface area contributed by atoms with Crippen LogP contribution in [0.1, 0.15) is 24.5 Å². The largest absolute Gasteiger partial charge is 0.329 e. The minimum atomic E-state index is 0.0161. The van der Waals surface area contributed by atoms with E-state index in [0.717, 1.165) is 5.69 Å². The zero-order valence-electron chi connectivity index (χ0n) is 7.44. The summed E-state index contributed by atoms with van der Waals surface area (Å²) in [5, 5.41) is 0. The molecule has 13 heavy (non-hydrogen) atoms. The van der Waals surface area contributed by atoms with E-state index in [1.807, 2.05) is 0 Å². The lowest BCUT2D eigenvalue weighted by atomic mass is 10.3. The van der Waals surface area contributed by atoms with Crippen LogP contribution < -0.4 is 11.3 Å². The Labute approximate surface area is 76.4 Å². The Morgan fingerprint density at radius 2 is 2.38 bits per heavy atom. The topological polar surface area (TPSA) is 60.9 Å². The molecule has 0 atom stereocenters. The van der Waals surface area contributed by atoms with E-state index in [4.69, 9.17) is 5.73 Å². The van der Waals surface area contributed by atoms with Crippen LogP contribution in [0.5, 0.6) is 0 Å². The molecule has 0 amide bonds. The summed E-state index contributed by atoms with van der Waals surface area (Å²) < 4.78 is 1.55. The van der Waals surface area contributed by atoms with Crippen molar-refractivity contribution in [2.24, 2.45) is 5.73 Å². The predicted octanol–water partition coefficient (Wildman–Crippen LogP) is 0.0794. The smallest absolute Gasteiger partial charge is 0.253 e.